The molecule has 0 saturated carbocycles. The van der Waals surface area contributed by atoms with E-state index in [9.17, 15) is 35.2 Å². The smallest absolute Gasteiger partial charge is 0.346 e. The lowest BCUT2D eigenvalue weighted by atomic mass is 10.3. The van der Waals surface area contributed by atoms with Gasteiger partial charge in [-0.15, -0.1) is 11.3 Å². The maximum Gasteiger partial charge on any atom is 0.463 e. The Morgan fingerprint density at radius 2 is 1.80 bits per heavy atom. The van der Waals surface area contributed by atoms with E-state index in [0.717, 1.165) is 12.1 Å². The molecule has 3 N–H and O–H groups in total. The first kappa shape index (κ1) is 16.8. The Balaban J connectivity index is 2.74. The molecular formula is C8H7F5N2O3S2. The Kier molecular flexibility index (Phi) is 4.41. The van der Waals surface area contributed by atoms with Crippen LogP contribution in [0.2, 0.25) is 0 Å². The monoisotopic (exact) mass is 338 g/mol. The number of amides is 1. The number of hydrogen-bond acceptors (Lipinski definition) is 4. The number of thiophene rings is 1. The van der Waals surface area contributed by atoms with Crippen LogP contribution in [-0.4, -0.2) is 26.4 Å². The quantitative estimate of drug-likeness (QED) is 0.809. The lowest BCUT2D eigenvalue weighted by molar-refractivity contribution is -0.269. The van der Waals surface area contributed by atoms with Crippen LogP contribution < -0.4 is 10.5 Å². The molecule has 0 unspecified atom stereocenters. The van der Waals surface area contributed by atoms with E-state index in [1.807, 2.05) is 0 Å². The van der Waals surface area contributed by atoms with Gasteiger partial charge in [0.15, 0.2) is 0 Å². The van der Waals surface area contributed by atoms with Crippen LogP contribution in [0.25, 0.3) is 0 Å². The molecule has 0 radical (unpaired) electrons. The van der Waals surface area contributed by atoms with Gasteiger partial charge in [0, 0.05) is 4.88 Å². The van der Waals surface area contributed by atoms with Gasteiger partial charge in [-0.3, -0.25) is 4.79 Å². The summed E-state index contributed by atoms with van der Waals surface area (Å²) in [4.78, 5) is 10.8. The molecule has 1 rings (SSSR count). The fraction of sp³-hybridized carbons (Fsp3) is 0.375. The number of carbonyl (C=O) groups is 1. The highest BCUT2D eigenvalue weighted by molar-refractivity contribution is 7.91. The van der Waals surface area contributed by atoms with E-state index in [-0.39, 0.29) is 9.09 Å². The van der Waals surface area contributed by atoms with Gasteiger partial charge < -0.3 is 5.32 Å². The van der Waals surface area contributed by atoms with Crippen molar-refractivity contribution in [2.75, 3.05) is 0 Å². The average Bonchev–Trinajstić information content (AvgIpc) is 2.72. The maximum absolute atomic E-state index is 12.6. The van der Waals surface area contributed by atoms with E-state index < -0.39 is 34.6 Å². The molecule has 20 heavy (non-hydrogen) atoms. The van der Waals surface area contributed by atoms with Crippen LogP contribution in [-0.2, 0) is 21.4 Å². The second-order valence-corrected chi connectivity index (χ2v) is 6.48. The van der Waals surface area contributed by atoms with Crippen molar-refractivity contribution in [1.82, 2.24) is 5.32 Å². The number of halogens is 5. The number of alkyl halides is 5. The number of nitrogens with two attached hydrogens (primary N) is 1. The summed E-state index contributed by atoms with van der Waals surface area (Å²) in [6.45, 7) is -0.676. The van der Waals surface area contributed by atoms with Crippen LogP contribution in [0.3, 0.4) is 0 Å². The number of primary sulfonamides is 1. The summed E-state index contributed by atoms with van der Waals surface area (Å²) >= 11 is 0.546. The van der Waals surface area contributed by atoms with E-state index in [1.54, 1.807) is 0 Å². The molecule has 0 aliphatic heterocycles. The van der Waals surface area contributed by atoms with E-state index in [1.165, 1.54) is 5.32 Å². The van der Waals surface area contributed by atoms with Gasteiger partial charge >= 0.3 is 18.0 Å². The summed E-state index contributed by atoms with van der Waals surface area (Å²) < 4.78 is 82.3. The second kappa shape index (κ2) is 5.26. The Morgan fingerprint density at radius 1 is 1.25 bits per heavy atom. The fourth-order valence-corrected chi connectivity index (χ4v) is 2.73. The molecule has 1 amide bonds. The highest BCUT2D eigenvalue weighted by Gasteiger charge is 2.63. The first-order valence-corrected chi connectivity index (χ1v) is 7.06. The minimum absolute atomic E-state index is 0.0559. The highest BCUT2D eigenvalue weighted by atomic mass is 32.2. The third-order valence-electron chi connectivity index (χ3n) is 1.98. The van der Waals surface area contributed by atoms with Crippen molar-refractivity contribution in [3.63, 3.8) is 0 Å². The number of rotatable bonds is 4. The minimum atomic E-state index is -6.00. The predicted molar refractivity (Wildman–Crippen MR) is 58.5 cm³/mol. The molecule has 0 spiro atoms. The van der Waals surface area contributed by atoms with Crippen molar-refractivity contribution < 1.29 is 35.2 Å². The van der Waals surface area contributed by atoms with E-state index in [0.29, 0.717) is 11.3 Å². The number of carbonyl (C=O) groups excluding carboxylic acids is 1. The third-order valence-corrected chi connectivity index (χ3v) is 4.51. The summed E-state index contributed by atoms with van der Waals surface area (Å²) in [7, 11) is -3.99. The van der Waals surface area contributed by atoms with Gasteiger partial charge in [-0.25, -0.2) is 13.6 Å². The van der Waals surface area contributed by atoms with Crippen molar-refractivity contribution >= 4 is 27.3 Å². The van der Waals surface area contributed by atoms with Gasteiger partial charge in [-0.2, -0.15) is 22.0 Å². The summed E-state index contributed by atoms with van der Waals surface area (Å²) in [6.07, 6.45) is -6.00. The van der Waals surface area contributed by atoms with Gasteiger partial charge in [0.25, 0.3) is 0 Å². The van der Waals surface area contributed by atoms with Crippen molar-refractivity contribution in [2.45, 2.75) is 22.9 Å². The Labute approximate surface area is 113 Å². The van der Waals surface area contributed by atoms with Crippen LogP contribution in [0.5, 0.6) is 0 Å². The molecule has 0 saturated heterocycles. The van der Waals surface area contributed by atoms with E-state index in [4.69, 9.17) is 5.14 Å². The molecule has 0 fully saturated rings. The van der Waals surface area contributed by atoms with Gasteiger partial charge in [0.05, 0.1) is 6.54 Å². The molecular weight excluding hydrogens is 331 g/mol. The number of sulfonamides is 1. The molecule has 1 aromatic heterocycles. The molecule has 0 aliphatic rings. The van der Waals surface area contributed by atoms with Crippen LogP contribution in [0.15, 0.2) is 16.3 Å². The summed E-state index contributed by atoms with van der Waals surface area (Å²) in [5, 5.41) is 6.16. The van der Waals surface area contributed by atoms with Crippen molar-refractivity contribution in [3.05, 3.63) is 17.0 Å². The zero-order chi connectivity index (χ0) is 15.8. The van der Waals surface area contributed by atoms with Gasteiger partial charge in [-0.1, -0.05) is 0 Å². The first-order valence-electron chi connectivity index (χ1n) is 4.70. The second-order valence-electron chi connectivity index (χ2n) is 3.52. The molecule has 5 nitrogen and oxygen atoms in total. The standard InChI is InChI=1S/C8H7F5N2O3S2/c9-7(10,8(11,12)13)6(16)15-3-4-1-2-5(19-4)20(14,17)18/h1-2H,3H2,(H,15,16)(H2,14,17,18). The molecule has 0 aliphatic carbocycles. The molecule has 1 heterocycles. The van der Waals surface area contributed by atoms with Crippen molar-refractivity contribution in [1.29, 1.82) is 0 Å². The summed E-state index contributed by atoms with van der Waals surface area (Å²) in [5.74, 6) is -8.04. The zero-order valence-corrected chi connectivity index (χ0v) is 11.0. The molecule has 12 heteroatoms. The first-order chi connectivity index (χ1) is 8.85. The van der Waals surface area contributed by atoms with E-state index in [2.05, 4.69) is 0 Å². The maximum atomic E-state index is 12.6. The number of nitrogens with one attached hydrogen (secondary N) is 1. The SMILES string of the molecule is NS(=O)(=O)c1ccc(CNC(=O)C(F)(F)C(F)(F)F)s1. The Hall–Kier alpha value is -1.27. The normalized spacial score (nSPS) is 13.3. The highest BCUT2D eigenvalue weighted by Crippen LogP contribution is 2.35. The summed E-state index contributed by atoms with van der Waals surface area (Å²) in [6, 6.07) is 2.18. The third kappa shape index (κ3) is 3.64. The Bertz CT molecular complexity index is 608. The van der Waals surface area contributed by atoms with Crippen LogP contribution in [0, 0.1) is 0 Å². The molecule has 114 valence electrons. The van der Waals surface area contributed by atoms with Crippen LogP contribution >= 0.6 is 11.3 Å². The molecule has 1 aromatic rings. The van der Waals surface area contributed by atoms with Crippen LogP contribution in [0.1, 0.15) is 4.88 Å². The van der Waals surface area contributed by atoms with Crippen molar-refractivity contribution in [2.24, 2.45) is 5.14 Å². The van der Waals surface area contributed by atoms with Gasteiger partial charge in [0.1, 0.15) is 4.21 Å². The lowest BCUT2D eigenvalue weighted by Gasteiger charge is -2.18. The summed E-state index contributed by atoms with van der Waals surface area (Å²) in [5.41, 5.74) is 0. The largest absolute Gasteiger partial charge is 0.463 e. The Morgan fingerprint density at radius 3 is 2.20 bits per heavy atom. The van der Waals surface area contributed by atoms with Crippen LogP contribution in [0.4, 0.5) is 22.0 Å². The van der Waals surface area contributed by atoms with E-state index >= 15 is 0 Å². The lowest BCUT2D eigenvalue weighted by Crippen LogP contribution is -2.50. The molecule has 0 bridgehead atoms. The average molecular weight is 338 g/mol. The van der Waals surface area contributed by atoms with Gasteiger partial charge in [-0.05, 0) is 12.1 Å². The van der Waals surface area contributed by atoms with Gasteiger partial charge in [0.2, 0.25) is 10.0 Å². The number of hydrogen-bond donors (Lipinski definition) is 2. The van der Waals surface area contributed by atoms with Crippen molar-refractivity contribution in [3.8, 4) is 0 Å². The topological polar surface area (TPSA) is 89.3 Å². The minimum Gasteiger partial charge on any atom is -0.346 e. The zero-order valence-electron chi connectivity index (χ0n) is 9.37. The molecule has 0 atom stereocenters. The predicted octanol–water partition coefficient (Wildman–Crippen LogP) is 1.21. The fourth-order valence-electron chi connectivity index (χ4n) is 1.01. The molecule has 0 aromatic carbocycles.